The maximum absolute atomic E-state index is 5.95. The second kappa shape index (κ2) is 13.3. The molecule has 2 aliphatic rings. The van der Waals surface area contributed by atoms with E-state index in [1.165, 1.54) is 11.3 Å². The minimum absolute atomic E-state index is 0. The second-order valence-corrected chi connectivity index (χ2v) is 7.58. The van der Waals surface area contributed by atoms with E-state index < -0.39 is 0 Å². The number of guanidine groups is 1. The predicted molar refractivity (Wildman–Crippen MR) is 131 cm³/mol. The Morgan fingerprint density at radius 3 is 2.66 bits per heavy atom. The topological polar surface area (TPSA) is 49.3 Å². The largest absolute Gasteiger partial charge is 0.381 e. The van der Waals surface area contributed by atoms with Gasteiger partial charge in [-0.15, -0.1) is 24.0 Å². The maximum Gasteiger partial charge on any atom is 0.194 e. The van der Waals surface area contributed by atoms with Crippen LogP contribution < -0.4 is 10.2 Å². The lowest BCUT2D eigenvalue weighted by Gasteiger charge is -2.37. The summed E-state index contributed by atoms with van der Waals surface area (Å²) in [7, 11) is 0. The number of nitrogens with zero attached hydrogens (tertiary/aromatic N) is 3. The first-order chi connectivity index (χ1) is 13.8. The van der Waals surface area contributed by atoms with Crippen molar-refractivity contribution in [2.45, 2.75) is 39.2 Å². The molecule has 0 aromatic heterocycles. The van der Waals surface area contributed by atoms with Gasteiger partial charge in [0, 0.05) is 64.8 Å². The molecule has 29 heavy (non-hydrogen) atoms. The van der Waals surface area contributed by atoms with Crippen LogP contribution in [0.2, 0.25) is 0 Å². The summed E-state index contributed by atoms with van der Waals surface area (Å²) in [5.41, 5.74) is 2.64. The molecule has 0 radical (unpaired) electrons. The number of ether oxygens (including phenoxy) is 2. The Hall–Kier alpha value is -1.06. The Labute approximate surface area is 193 Å². The summed E-state index contributed by atoms with van der Waals surface area (Å²) in [6, 6.07) is 8.78. The zero-order valence-electron chi connectivity index (χ0n) is 17.9. The summed E-state index contributed by atoms with van der Waals surface area (Å²) >= 11 is 0. The summed E-state index contributed by atoms with van der Waals surface area (Å²) in [6.45, 7) is 12.5. The Morgan fingerprint density at radius 2 is 1.97 bits per heavy atom. The first-order valence-corrected chi connectivity index (χ1v) is 10.8. The first-order valence-electron chi connectivity index (χ1n) is 10.8. The van der Waals surface area contributed by atoms with E-state index in [4.69, 9.17) is 14.5 Å². The molecule has 0 spiro atoms. The minimum atomic E-state index is 0. The zero-order chi connectivity index (χ0) is 19.6. The number of anilines is 1. The van der Waals surface area contributed by atoms with Crippen molar-refractivity contribution in [1.82, 2.24) is 10.2 Å². The minimum Gasteiger partial charge on any atom is -0.381 e. The van der Waals surface area contributed by atoms with Crippen LogP contribution in [-0.4, -0.2) is 76.1 Å². The number of aryl methyl sites for hydroxylation is 1. The van der Waals surface area contributed by atoms with Crippen molar-refractivity contribution in [3.8, 4) is 0 Å². The van der Waals surface area contributed by atoms with E-state index in [2.05, 4.69) is 53.2 Å². The van der Waals surface area contributed by atoms with E-state index in [-0.39, 0.29) is 24.0 Å². The average molecular weight is 516 g/mol. The Kier molecular flexibility index (Phi) is 11.1. The van der Waals surface area contributed by atoms with Crippen molar-refractivity contribution in [2.75, 3.05) is 64.0 Å². The monoisotopic (exact) mass is 516 g/mol. The number of halogens is 1. The fourth-order valence-corrected chi connectivity index (χ4v) is 3.77. The molecule has 2 saturated heterocycles. The Morgan fingerprint density at radius 1 is 1.21 bits per heavy atom. The molecule has 0 unspecified atom stereocenters. The lowest BCUT2D eigenvalue weighted by Crippen LogP contribution is -2.52. The van der Waals surface area contributed by atoms with E-state index in [0.29, 0.717) is 6.10 Å². The highest BCUT2D eigenvalue weighted by molar-refractivity contribution is 14.0. The molecule has 0 amide bonds. The van der Waals surface area contributed by atoms with E-state index in [1.54, 1.807) is 0 Å². The Bertz CT molecular complexity index is 615. The van der Waals surface area contributed by atoms with Gasteiger partial charge in [0.2, 0.25) is 0 Å². The third-order valence-electron chi connectivity index (χ3n) is 5.37. The lowest BCUT2D eigenvalue weighted by molar-refractivity contribution is -0.0318. The van der Waals surface area contributed by atoms with Gasteiger partial charge in [-0.25, -0.2) is 0 Å². The van der Waals surface area contributed by atoms with Crippen LogP contribution in [0.25, 0.3) is 0 Å². The van der Waals surface area contributed by atoms with Gasteiger partial charge in [-0.3, -0.25) is 4.99 Å². The highest BCUT2D eigenvalue weighted by Crippen LogP contribution is 2.18. The SMILES string of the molecule is CCNC(=NCCCOC1CCOCC1)N1CCN(c2cccc(C)c2)CC1.I. The summed E-state index contributed by atoms with van der Waals surface area (Å²) in [5, 5.41) is 3.46. The first kappa shape index (κ1) is 24.2. The van der Waals surface area contributed by atoms with Crippen LogP contribution in [0.4, 0.5) is 5.69 Å². The summed E-state index contributed by atoms with van der Waals surface area (Å²) in [5.74, 6) is 1.04. The van der Waals surface area contributed by atoms with Gasteiger partial charge >= 0.3 is 0 Å². The van der Waals surface area contributed by atoms with Crippen molar-refractivity contribution >= 4 is 35.6 Å². The maximum atomic E-state index is 5.95. The third-order valence-corrected chi connectivity index (χ3v) is 5.37. The van der Waals surface area contributed by atoms with Crippen LogP contribution in [0.3, 0.4) is 0 Å². The van der Waals surface area contributed by atoms with Gasteiger partial charge in [-0.2, -0.15) is 0 Å². The number of piperazine rings is 1. The van der Waals surface area contributed by atoms with Crippen molar-refractivity contribution in [2.24, 2.45) is 4.99 Å². The number of benzene rings is 1. The summed E-state index contributed by atoms with van der Waals surface area (Å²) in [4.78, 5) is 9.69. The molecule has 0 aliphatic carbocycles. The van der Waals surface area contributed by atoms with Crippen LogP contribution in [0.15, 0.2) is 29.3 Å². The quantitative estimate of drug-likeness (QED) is 0.261. The number of aliphatic imine (C=N–C) groups is 1. The molecule has 164 valence electrons. The third kappa shape index (κ3) is 7.94. The molecule has 0 atom stereocenters. The average Bonchev–Trinajstić information content (AvgIpc) is 2.74. The lowest BCUT2D eigenvalue weighted by atomic mass is 10.1. The van der Waals surface area contributed by atoms with Gasteiger partial charge in [-0.05, 0) is 50.8 Å². The highest BCUT2D eigenvalue weighted by atomic mass is 127. The van der Waals surface area contributed by atoms with Gasteiger partial charge in [0.15, 0.2) is 5.96 Å². The van der Waals surface area contributed by atoms with Crippen molar-refractivity contribution in [3.63, 3.8) is 0 Å². The normalized spacial score (nSPS) is 18.5. The van der Waals surface area contributed by atoms with E-state index in [9.17, 15) is 0 Å². The van der Waals surface area contributed by atoms with Crippen LogP contribution in [0, 0.1) is 6.92 Å². The van der Waals surface area contributed by atoms with Crippen LogP contribution >= 0.6 is 24.0 Å². The molecule has 1 N–H and O–H groups in total. The molecular weight excluding hydrogens is 479 g/mol. The van der Waals surface area contributed by atoms with E-state index >= 15 is 0 Å². The molecular formula is C22H37IN4O2. The van der Waals surface area contributed by atoms with Crippen molar-refractivity contribution < 1.29 is 9.47 Å². The van der Waals surface area contributed by atoms with Gasteiger partial charge in [-0.1, -0.05) is 12.1 Å². The van der Waals surface area contributed by atoms with Gasteiger partial charge < -0.3 is 24.6 Å². The smallest absolute Gasteiger partial charge is 0.194 e. The number of nitrogens with one attached hydrogen (secondary N) is 1. The Balaban J connectivity index is 0.00000300. The molecule has 6 nitrogen and oxygen atoms in total. The van der Waals surface area contributed by atoms with Crippen molar-refractivity contribution in [3.05, 3.63) is 29.8 Å². The van der Waals surface area contributed by atoms with Crippen molar-refractivity contribution in [1.29, 1.82) is 0 Å². The molecule has 3 rings (SSSR count). The number of hydrogen-bond donors (Lipinski definition) is 1. The summed E-state index contributed by atoms with van der Waals surface area (Å²) < 4.78 is 11.3. The van der Waals surface area contributed by atoms with Crippen LogP contribution in [0.5, 0.6) is 0 Å². The predicted octanol–water partition coefficient (Wildman–Crippen LogP) is 3.29. The highest BCUT2D eigenvalue weighted by Gasteiger charge is 2.20. The van der Waals surface area contributed by atoms with E-state index in [1.807, 2.05) is 0 Å². The molecule has 2 heterocycles. The molecule has 7 heteroatoms. The fraction of sp³-hybridized carbons (Fsp3) is 0.682. The molecule has 1 aromatic rings. The van der Waals surface area contributed by atoms with E-state index in [0.717, 1.165) is 84.3 Å². The molecule has 0 bridgehead atoms. The van der Waals surface area contributed by atoms with Gasteiger partial charge in [0.05, 0.1) is 6.10 Å². The molecule has 0 saturated carbocycles. The molecule has 2 fully saturated rings. The van der Waals surface area contributed by atoms with Gasteiger partial charge in [0.25, 0.3) is 0 Å². The molecule has 1 aromatic carbocycles. The van der Waals surface area contributed by atoms with Gasteiger partial charge in [0.1, 0.15) is 0 Å². The zero-order valence-corrected chi connectivity index (χ0v) is 20.3. The van der Waals surface area contributed by atoms with Crippen LogP contribution in [-0.2, 0) is 9.47 Å². The number of hydrogen-bond acceptors (Lipinski definition) is 4. The second-order valence-electron chi connectivity index (χ2n) is 7.58. The number of rotatable bonds is 7. The van der Waals surface area contributed by atoms with Crippen LogP contribution in [0.1, 0.15) is 31.7 Å². The molecule has 2 aliphatic heterocycles. The standard InChI is InChI=1S/C22H36N4O2.HI/c1-3-23-22(24-10-5-15-28-21-8-16-27-17-9-21)26-13-11-25(12-14-26)20-7-4-6-19(2)18-20;/h4,6-7,18,21H,3,5,8-17H2,1-2H3,(H,23,24);1H. The fourth-order valence-electron chi connectivity index (χ4n) is 3.77. The summed E-state index contributed by atoms with van der Waals surface area (Å²) in [6.07, 6.45) is 3.39.